The average molecular weight is 250 g/mol. The topological polar surface area (TPSA) is 40.6 Å². The van der Waals surface area contributed by atoms with Gasteiger partial charge >= 0.3 is 0 Å². The van der Waals surface area contributed by atoms with E-state index in [-0.39, 0.29) is 18.1 Å². The minimum atomic E-state index is -0.0590. The Morgan fingerprint density at radius 2 is 1.44 bits per heavy atom. The van der Waals surface area contributed by atoms with Crippen LogP contribution in [0.25, 0.3) is 0 Å². The molecule has 0 unspecified atom stereocenters. The summed E-state index contributed by atoms with van der Waals surface area (Å²) in [5.74, 6) is -0.0701. The molecule has 18 heavy (non-hydrogen) atoms. The van der Waals surface area contributed by atoms with Gasteiger partial charge in [0.1, 0.15) is 0 Å². The fourth-order valence-corrected chi connectivity index (χ4v) is 2.67. The predicted octanol–water partition coefficient (Wildman–Crippen LogP) is 1.57. The van der Waals surface area contributed by atoms with E-state index in [0.29, 0.717) is 0 Å². The van der Waals surface area contributed by atoms with Gasteiger partial charge in [-0.1, -0.05) is 0 Å². The Labute approximate surface area is 109 Å². The number of amides is 1. The number of hydrogen-bond acceptors (Lipinski definition) is 3. The van der Waals surface area contributed by atoms with Crippen molar-refractivity contribution in [3.8, 4) is 0 Å². The van der Waals surface area contributed by atoms with Gasteiger partial charge in [0.2, 0.25) is 5.91 Å². The van der Waals surface area contributed by atoms with E-state index in [2.05, 4.69) is 4.90 Å². The summed E-state index contributed by atoms with van der Waals surface area (Å²) in [4.78, 5) is 27.7. The summed E-state index contributed by atoms with van der Waals surface area (Å²) < 4.78 is 0. The summed E-state index contributed by atoms with van der Waals surface area (Å²) in [6.45, 7) is 5.68. The second kappa shape index (κ2) is 6.03. The highest BCUT2D eigenvalue weighted by atomic mass is 16.2. The maximum absolute atomic E-state index is 11.8. The van der Waals surface area contributed by atoms with E-state index in [4.69, 9.17) is 0 Å². The lowest BCUT2D eigenvalue weighted by Crippen LogP contribution is -2.29. The quantitative estimate of drug-likeness (QED) is 0.561. The van der Waals surface area contributed by atoms with Crippen LogP contribution in [0.4, 0.5) is 0 Å². The van der Waals surface area contributed by atoms with Gasteiger partial charge in [0, 0.05) is 38.0 Å². The minimum absolute atomic E-state index is 0.0111. The van der Waals surface area contributed by atoms with Crippen molar-refractivity contribution < 1.29 is 9.59 Å². The first-order chi connectivity index (χ1) is 8.66. The maximum atomic E-state index is 11.8. The molecule has 2 heterocycles. The zero-order valence-electron chi connectivity index (χ0n) is 11.2. The zero-order chi connectivity index (χ0) is 13.0. The van der Waals surface area contributed by atoms with Crippen LogP contribution in [-0.2, 0) is 9.59 Å². The first-order valence-electron chi connectivity index (χ1n) is 6.90. The number of likely N-dealkylation sites (tertiary alicyclic amines) is 2. The molecule has 2 aliphatic heterocycles. The Morgan fingerprint density at radius 3 is 2.00 bits per heavy atom. The molecule has 2 fully saturated rings. The fraction of sp³-hybridized carbons (Fsp3) is 0.714. The number of rotatable bonds is 4. The Balaban J connectivity index is 1.83. The van der Waals surface area contributed by atoms with Gasteiger partial charge in [-0.15, -0.1) is 0 Å². The van der Waals surface area contributed by atoms with E-state index in [1.807, 2.05) is 6.92 Å². The molecule has 0 aromatic rings. The molecule has 2 rings (SSSR count). The number of hydrogen-bond donors (Lipinski definition) is 0. The summed E-state index contributed by atoms with van der Waals surface area (Å²) in [5, 5.41) is 0. The van der Waals surface area contributed by atoms with Gasteiger partial charge in [0.25, 0.3) is 0 Å². The average Bonchev–Trinajstić information content (AvgIpc) is 3.02. The van der Waals surface area contributed by atoms with Crippen molar-refractivity contribution in [1.82, 2.24) is 9.80 Å². The summed E-state index contributed by atoms with van der Waals surface area (Å²) in [7, 11) is 0. The van der Waals surface area contributed by atoms with Crippen molar-refractivity contribution >= 4 is 11.7 Å². The highest BCUT2D eigenvalue weighted by Gasteiger charge is 2.20. The molecule has 0 spiro atoms. The van der Waals surface area contributed by atoms with Crippen LogP contribution in [0.3, 0.4) is 0 Å². The molecule has 0 aromatic carbocycles. The standard InChI is InChI=1S/C14H22N2O2/c1-12(15-6-2-3-7-15)10-13(17)11-14(18)16-8-4-5-9-16/h10H,2-9,11H2,1H3/b12-10-. The van der Waals surface area contributed by atoms with Gasteiger partial charge in [0.05, 0.1) is 6.42 Å². The fourth-order valence-electron chi connectivity index (χ4n) is 2.67. The van der Waals surface area contributed by atoms with Crippen molar-refractivity contribution in [2.45, 2.75) is 39.0 Å². The largest absolute Gasteiger partial charge is 0.375 e. The lowest BCUT2D eigenvalue weighted by atomic mass is 10.2. The van der Waals surface area contributed by atoms with Gasteiger partial charge in [-0.05, 0) is 32.6 Å². The molecule has 0 radical (unpaired) electrons. The Bertz CT molecular complexity index is 351. The van der Waals surface area contributed by atoms with Crippen molar-refractivity contribution in [1.29, 1.82) is 0 Å². The van der Waals surface area contributed by atoms with E-state index >= 15 is 0 Å². The van der Waals surface area contributed by atoms with Crippen LogP contribution in [0, 0.1) is 0 Å². The van der Waals surface area contributed by atoms with Crippen molar-refractivity contribution in [3.05, 3.63) is 11.8 Å². The van der Waals surface area contributed by atoms with Crippen LogP contribution in [0.1, 0.15) is 39.0 Å². The van der Waals surface area contributed by atoms with E-state index in [9.17, 15) is 9.59 Å². The number of allylic oxidation sites excluding steroid dienone is 2. The molecule has 4 nitrogen and oxygen atoms in total. The molecule has 4 heteroatoms. The number of carbonyl (C=O) groups is 2. The molecule has 2 aliphatic rings. The second-order valence-electron chi connectivity index (χ2n) is 5.21. The number of nitrogens with zero attached hydrogens (tertiary/aromatic N) is 2. The molecule has 1 amide bonds. The molecule has 0 aromatic heterocycles. The third kappa shape index (κ3) is 3.34. The molecule has 0 atom stereocenters. The van der Waals surface area contributed by atoms with Gasteiger partial charge in [0.15, 0.2) is 5.78 Å². The van der Waals surface area contributed by atoms with Gasteiger partial charge in [-0.25, -0.2) is 0 Å². The third-order valence-electron chi connectivity index (χ3n) is 3.76. The smallest absolute Gasteiger partial charge is 0.230 e. The predicted molar refractivity (Wildman–Crippen MR) is 70.0 cm³/mol. The number of carbonyl (C=O) groups excluding carboxylic acids is 2. The maximum Gasteiger partial charge on any atom is 0.230 e. The highest BCUT2D eigenvalue weighted by Crippen LogP contribution is 2.14. The summed E-state index contributed by atoms with van der Waals surface area (Å²) in [5.41, 5.74) is 1.01. The third-order valence-corrected chi connectivity index (χ3v) is 3.76. The van der Waals surface area contributed by atoms with E-state index in [1.54, 1.807) is 11.0 Å². The SMILES string of the molecule is C/C(=C/C(=O)CC(=O)N1CCCC1)N1CCCC1. The molecule has 0 N–H and O–H groups in total. The summed E-state index contributed by atoms with van der Waals surface area (Å²) in [6, 6.07) is 0. The highest BCUT2D eigenvalue weighted by molar-refractivity contribution is 6.03. The normalized spacial score (nSPS) is 20.6. The van der Waals surface area contributed by atoms with Crippen LogP contribution >= 0.6 is 0 Å². The van der Waals surface area contributed by atoms with Gasteiger partial charge in [-0.3, -0.25) is 9.59 Å². The zero-order valence-corrected chi connectivity index (χ0v) is 11.2. The molecular weight excluding hydrogens is 228 g/mol. The lowest BCUT2D eigenvalue weighted by Gasteiger charge is -2.18. The number of ketones is 1. The van der Waals surface area contributed by atoms with Crippen LogP contribution in [0.5, 0.6) is 0 Å². The van der Waals surface area contributed by atoms with E-state index < -0.39 is 0 Å². The van der Waals surface area contributed by atoms with Crippen molar-refractivity contribution in [3.63, 3.8) is 0 Å². The molecule has 0 aliphatic carbocycles. The van der Waals surface area contributed by atoms with Gasteiger partial charge in [-0.2, -0.15) is 0 Å². The minimum Gasteiger partial charge on any atom is -0.375 e. The van der Waals surface area contributed by atoms with Crippen LogP contribution in [0.2, 0.25) is 0 Å². The van der Waals surface area contributed by atoms with Crippen molar-refractivity contribution in [2.24, 2.45) is 0 Å². The Morgan fingerprint density at radius 1 is 0.944 bits per heavy atom. The van der Waals surface area contributed by atoms with E-state index in [0.717, 1.165) is 44.7 Å². The van der Waals surface area contributed by atoms with Gasteiger partial charge < -0.3 is 9.80 Å². The first-order valence-corrected chi connectivity index (χ1v) is 6.90. The molecular formula is C14H22N2O2. The Kier molecular flexibility index (Phi) is 4.39. The second-order valence-corrected chi connectivity index (χ2v) is 5.21. The summed E-state index contributed by atoms with van der Waals surface area (Å²) >= 11 is 0. The monoisotopic (exact) mass is 250 g/mol. The molecule has 100 valence electrons. The molecule has 2 saturated heterocycles. The van der Waals surface area contributed by atoms with Crippen LogP contribution < -0.4 is 0 Å². The lowest BCUT2D eigenvalue weighted by molar-refractivity contribution is -0.133. The molecule has 0 saturated carbocycles. The molecule has 0 bridgehead atoms. The van der Waals surface area contributed by atoms with Crippen molar-refractivity contribution in [2.75, 3.05) is 26.2 Å². The van der Waals surface area contributed by atoms with E-state index in [1.165, 1.54) is 12.8 Å². The van der Waals surface area contributed by atoms with Crippen LogP contribution in [0.15, 0.2) is 11.8 Å². The van der Waals surface area contributed by atoms with Crippen LogP contribution in [-0.4, -0.2) is 47.7 Å². The summed E-state index contributed by atoms with van der Waals surface area (Å²) in [6.07, 6.45) is 6.22. The Hall–Kier alpha value is -1.32. The first kappa shape index (κ1) is 13.1.